The van der Waals surface area contributed by atoms with Crippen LogP contribution in [0.2, 0.25) is 0 Å². The molecular formula is C22H29N3O3S2. The fraction of sp³-hybridized carbons (Fsp3) is 0.409. The van der Waals surface area contributed by atoms with Crippen molar-refractivity contribution in [3.05, 3.63) is 65.2 Å². The van der Waals surface area contributed by atoms with E-state index in [4.69, 9.17) is 0 Å². The van der Waals surface area contributed by atoms with Crippen LogP contribution in [0.4, 0.5) is 0 Å². The number of hydrogen-bond donors (Lipinski definition) is 1. The highest BCUT2D eigenvalue weighted by Gasteiger charge is 2.29. The summed E-state index contributed by atoms with van der Waals surface area (Å²) < 4.78 is 27.7. The molecule has 0 aromatic heterocycles. The maximum Gasteiger partial charge on any atom is 0.251 e. The summed E-state index contributed by atoms with van der Waals surface area (Å²) >= 11 is 1.75. The number of aryl methyl sites for hydroxylation is 1. The molecule has 162 valence electrons. The Morgan fingerprint density at radius 2 is 1.77 bits per heavy atom. The Morgan fingerprint density at radius 3 is 2.47 bits per heavy atom. The monoisotopic (exact) mass is 447 g/mol. The van der Waals surface area contributed by atoms with Crippen molar-refractivity contribution in [2.75, 3.05) is 45.5 Å². The Labute approximate surface area is 183 Å². The minimum atomic E-state index is -3.61. The Hall–Kier alpha value is -1.87. The second kappa shape index (κ2) is 10.4. The zero-order valence-electron chi connectivity index (χ0n) is 17.5. The summed E-state index contributed by atoms with van der Waals surface area (Å²) in [6.07, 6.45) is 0. The number of rotatable bonds is 8. The highest BCUT2D eigenvalue weighted by atomic mass is 32.2. The number of piperazine rings is 1. The van der Waals surface area contributed by atoms with Crippen LogP contribution in [0.5, 0.6) is 0 Å². The average molecular weight is 448 g/mol. The zero-order valence-corrected chi connectivity index (χ0v) is 19.1. The molecule has 0 radical (unpaired) electrons. The lowest BCUT2D eigenvalue weighted by molar-refractivity contribution is 0.0956. The van der Waals surface area contributed by atoms with Gasteiger partial charge in [0.25, 0.3) is 5.91 Å². The Balaban J connectivity index is 1.58. The Kier molecular flexibility index (Phi) is 7.93. The second-order valence-corrected chi connectivity index (χ2v) is 10.5. The minimum absolute atomic E-state index is 0.221. The molecule has 1 fully saturated rings. The third-order valence-electron chi connectivity index (χ3n) is 5.17. The van der Waals surface area contributed by atoms with Crippen LogP contribution in [0.15, 0.2) is 53.4 Å². The standard InChI is InChI=1S/C22H29N3O3S2/c1-18-8-9-20(16-21(18)30(27,28)25-13-11-24(2)12-14-25)22(26)23-10-15-29-17-19-6-4-3-5-7-19/h3-9,16H,10-15,17H2,1-2H3,(H,23,26). The van der Waals surface area contributed by atoms with E-state index in [1.807, 2.05) is 25.2 Å². The van der Waals surface area contributed by atoms with Crippen LogP contribution in [-0.2, 0) is 15.8 Å². The van der Waals surface area contributed by atoms with Gasteiger partial charge in [-0.05, 0) is 37.2 Å². The summed E-state index contributed by atoms with van der Waals surface area (Å²) in [6.45, 7) is 4.65. The first-order chi connectivity index (χ1) is 14.4. The SMILES string of the molecule is Cc1ccc(C(=O)NCCSCc2ccccc2)cc1S(=O)(=O)N1CCN(C)CC1. The van der Waals surface area contributed by atoms with Crippen LogP contribution in [0, 0.1) is 6.92 Å². The van der Waals surface area contributed by atoms with Crippen molar-refractivity contribution in [2.45, 2.75) is 17.6 Å². The van der Waals surface area contributed by atoms with E-state index in [1.54, 1.807) is 30.8 Å². The number of thioether (sulfide) groups is 1. The first kappa shape index (κ1) is 22.8. The normalized spacial score (nSPS) is 15.8. The van der Waals surface area contributed by atoms with E-state index in [1.165, 1.54) is 15.9 Å². The molecular weight excluding hydrogens is 418 g/mol. The minimum Gasteiger partial charge on any atom is -0.351 e. The Morgan fingerprint density at radius 1 is 1.07 bits per heavy atom. The molecule has 0 unspecified atom stereocenters. The lowest BCUT2D eigenvalue weighted by Gasteiger charge is -2.32. The number of hydrogen-bond acceptors (Lipinski definition) is 5. The number of carbonyl (C=O) groups excluding carboxylic acids is 1. The molecule has 0 saturated carbocycles. The van der Waals surface area contributed by atoms with Crippen LogP contribution in [0.1, 0.15) is 21.5 Å². The van der Waals surface area contributed by atoms with Gasteiger partial charge in [-0.1, -0.05) is 36.4 Å². The van der Waals surface area contributed by atoms with Crippen molar-refractivity contribution in [3.63, 3.8) is 0 Å². The molecule has 0 atom stereocenters. The van der Waals surface area contributed by atoms with Crippen molar-refractivity contribution in [2.24, 2.45) is 0 Å². The predicted octanol–water partition coefficient (Wildman–Crippen LogP) is 2.59. The van der Waals surface area contributed by atoms with Crippen molar-refractivity contribution in [3.8, 4) is 0 Å². The van der Waals surface area contributed by atoms with Crippen LogP contribution in [0.3, 0.4) is 0 Å². The summed E-state index contributed by atoms with van der Waals surface area (Å²) in [7, 11) is -1.62. The molecule has 1 amide bonds. The number of carbonyl (C=O) groups is 1. The van der Waals surface area contributed by atoms with Crippen molar-refractivity contribution < 1.29 is 13.2 Å². The number of sulfonamides is 1. The maximum absolute atomic E-state index is 13.1. The van der Waals surface area contributed by atoms with Crippen LogP contribution in [-0.4, -0.2) is 69.1 Å². The van der Waals surface area contributed by atoms with Gasteiger partial charge in [-0.2, -0.15) is 16.1 Å². The van der Waals surface area contributed by atoms with Crippen molar-refractivity contribution >= 4 is 27.7 Å². The molecule has 3 rings (SSSR count). The third-order valence-corrected chi connectivity index (χ3v) is 8.24. The largest absolute Gasteiger partial charge is 0.351 e. The highest BCUT2D eigenvalue weighted by molar-refractivity contribution is 7.98. The molecule has 1 saturated heterocycles. The quantitative estimate of drug-likeness (QED) is 0.630. The number of nitrogens with one attached hydrogen (secondary N) is 1. The fourth-order valence-corrected chi connectivity index (χ4v) is 5.78. The molecule has 0 spiro atoms. The molecule has 1 N–H and O–H groups in total. The van der Waals surface area contributed by atoms with Crippen LogP contribution < -0.4 is 5.32 Å². The van der Waals surface area contributed by atoms with Gasteiger partial charge in [0, 0.05) is 49.8 Å². The predicted molar refractivity (Wildman–Crippen MR) is 122 cm³/mol. The van der Waals surface area contributed by atoms with E-state index in [0.717, 1.165) is 11.5 Å². The first-order valence-electron chi connectivity index (χ1n) is 10.1. The molecule has 1 aliphatic heterocycles. The van der Waals surface area contributed by atoms with Gasteiger partial charge in [0.1, 0.15) is 0 Å². The second-order valence-electron chi connectivity index (χ2n) is 7.48. The highest BCUT2D eigenvalue weighted by Crippen LogP contribution is 2.22. The molecule has 8 heteroatoms. The summed E-state index contributed by atoms with van der Waals surface area (Å²) in [5.41, 5.74) is 2.29. The number of likely N-dealkylation sites (N-methyl/N-ethyl adjacent to an activating group) is 1. The number of nitrogens with zero attached hydrogens (tertiary/aromatic N) is 2. The van der Waals surface area contributed by atoms with Gasteiger partial charge in [0.15, 0.2) is 0 Å². The fourth-order valence-electron chi connectivity index (χ4n) is 3.29. The van der Waals surface area contributed by atoms with E-state index < -0.39 is 10.0 Å². The topological polar surface area (TPSA) is 69.7 Å². The first-order valence-corrected chi connectivity index (χ1v) is 12.7. The van der Waals surface area contributed by atoms with Crippen LogP contribution in [0.25, 0.3) is 0 Å². The lowest BCUT2D eigenvalue weighted by atomic mass is 10.1. The molecule has 6 nitrogen and oxygen atoms in total. The molecule has 2 aromatic rings. The Bertz CT molecular complexity index is 957. The smallest absolute Gasteiger partial charge is 0.251 e. The van der Waals surface area contributed by atoms with Crippen LogP contribution >= 0.6 is 11.8 Å². The van der Waals surface area contributed by atoms with Crippen molar-refractivity contribution in [1.82, 2.24) is 14.5 Å². The van der Waals surface area contributed by atoms with E-state index in [0.29, 0.717) is 43.9 Å². The van der Waals surface area contributed by atoms with Gasteiger partial charge in [-0.3, -0.25) is 4.79 Å². The van der Waals surface area contributed by atoms with Gasteiger partial charge in [0.2, 0.25) is 10.0 Å². The summed E-state index contributed by atoms with van der Waals surface area (Å²) in [6, 6.07) is 15.1. The summed E-state index contributed by atoms with van der Waals surface area (Å²) in [5.74, 6) is 1.44. The van der Waals surface area contributed by atoms with Gasteiger partial charge in [-0.15, -0.1) is 0 Å². The molecule has 1 aliphatic rings. The van der Waals surface area contributed by atoms with Gasteiger partial charge in [-0.25, -0.2) is 8.42 Å². The van der Waals surface area contributed by atoms with Crippen molar-refractivity contribution in [1.29, 1.82) is 0 Å². The molecule has 0 aliphatic carbocycles. The van der Waals surface area contributed by atoms with Gasteiger partial charge >= 0.3 is 0 Å². The van der Waals surface area contributed by atoms with E-state index >= 15 is 0 Å². The molecule has 1 heterocycles. The van der Waals surface area contributed by atoms with E-state index in [-0.39, 0.29) is 10.8 Å². The van der Waals surface area contributed by atoms with E-state index in [9.17, 15) is 13.2 Å². The maximum atomic E-state index is 13.1. The number of benzene rings is 2. The van der Waals surface area contributed by atoms with E-state index in [2.05, 4.69) is 22.3 Å². The number of amides is 1. The molecule has 30 heavy (non-hydrogen) atoms. The average Bonchev–Trinajstić information content (AvgIpc) is 2.74. The van der Waals surface area contributed by atoms with Gasteiger partial charge in [0.05, 0.1) is 4.90 Å². The third kappa shape index (κ3) is 5.85. The molecule has 2 aromatic carbocycles. The molecule has 0 bridgehead atoms. The summed E-state index contributed by atoms with van der Waals surface area (Å²) in [5, 5.41) is 2.89. The summed E-state index contributed by atoms with van der Waals surface area (Å²) in [4.78, 5) is 14.9. The lowest BCUT2D eigenvalue weighted by Crippen LogP contribution is -2.47. The zero-order chi connectivity index (χ0) is 21.6. The van der Waals surface area contributed by atoms with Gasteiger partial charge < -0.3 is 10.2 Å².